The van der Waals surface area contributed by atoms with Crippen LogP contribution in [0.1, 0.15) is 33.9 Å². The van der Waals surface area contributed by atoms with Gasteiger partial charge in [0, 0.05) is 11.6 Å². The van der Waals surface area contributed by atoms with Crippen LogP contribution in [0.4, 0.5) is 8.78 Å². The van der Waals surface area contributed by atoms with E-state index in [9.17, 15) is 8.78 Å². The summed E-state index contributed by atoms with van der Waals surface area (Å²) < 4.78 is 27.4. The van der Waals surface area contributed by atoms with Crippen LogP contribution in [0.15, 0.2) is 30.3 Å². The van der Waals surface area contributed by atoms with Crippen LogP contribution in [0.25, 0.3) is 0 Å². The van der Waals surface area contributed by atoms with E-state index in [4.69, 9.17) is 0 Å². The Bertz CT molecular complexity index is 627. The lowest BCUT2D eigenvalue weighted by Crippen LogP contribution is -2.21. The highest BCUT2D eigenvalue weighted by Crippen LogP contribution is 2.26. The fourth-order valence-electron chi connectivity index (χ4n) is 2.89. The molecule has 1 atom stereocenters. The topological polar surface area (TPSA) is 12.0 Å². The summed E-state index contributed by atoms with van der Waals surface area (Å²) in [5.41, 5.74) is 5.14. The molecule has 21 heavy (non-hydrogen) atoms. The average molecular weight is 289 g/mol. The van der Waals surface area contributed by atoms with Crippen molar-refractivity contribution in [2.45, 2.75) is 33.2 Å². The van der Waals surface area contributed by atoms with Gasteiger partial charge in [0.2, 0.25) is 0 Å². The lowest BCUT2D eigenvalue weighted by Gasteiger charge is -2.20. The maximum Gasteiger partial charge on any atom is 0.128 e. The summed E-state index contributed by atoms with van der Waals surface area (Å²) in [6, 6.07) is 7.60. The second-order valence-electron chi connectivity index (χ2n) is 5.59. The minimum Gasteiger partial charge on any atom is -0.313 e. The number of hydrogen-bond acceptors (Lipinski definition) is 1. The molecule has 1 unspecified atom stereocenters. The molecule has 2 aromatic carbocycles. The molecule has 3 heteroatoms. The lowest BCUT2D eigenvalue weighted by molar-refractivity contribution is 0.521. The van der Waals surface area contributed by atoms with E-state index in [1.165, 1.54) is 34.4 Å². The standard InChI is InChI=1S/C18H21F2N/c1-11-7-12(2)15(13(3)8-11)10-18(21-4)16-9-14(19)5-6-17(16)20/h5-9,18,21H,10H2,1-4H3. The molecule has 0 saturated heterocycles. The molecule has 1 N–H and O–H groups in total. The van der Waals surface area contributed by atoms with Crippen molar-refractivity contribution in [2.24, 2.45) is 0 Å². The zero-order valence-corrected chi connectivity index (χ0v) is 12.9. The number of hydrogen-bond donors (Lipinski definition) is 1. The number of rotatable bonds is 4. The highest BCUT2D eigenvalue weighted by atomic mass is 19.1. The number of likely N-dealkylation sites (N-methyl/N-ethyl adjacent to an activating group) is 1. The van der Waals surface area contributed by atoms with Crippen molar-refractivity contribution < 1.29 is 8.78 Å². The van der Waals surface area contributed by atoms with Gasteiger partial charge in [-0.2, -0.15) is 0 Å². The van der Waals surface area contributed by atoms with E-state index in [1.807, 2.05) is 0 Å². The minimum atomic E-state index is -0.413. The third-order valence-electron chi connectivity index (χ3n) is 3.93. The zero-order chi connectivity index (χ0) is 15.6. The van der Waals surface area contributed by atoms with E-state index in [0.717, 1.165) is 6.07 Å². The maximum atomic E-state index is 14.0. The van der Waals surface area contributed by atoms with Crippen LogP contribution in [0, 0.1) is 32.4 Å². The first-order valence-electron chi connectivity index (χ1n) is 7.11. The van der Waals surface area contributed by atoms with Crippen molar-refractivity contribution in [3.05, 3.63) is 69.8 Å². The molecule has 0 aliphatic carbocycles. The summed E-state index contributed by atoms with van der Waals surface area (Å²) in [5.74, 6) is -0.790. The fraction of sp³-hybridized carbons (Fsp3) is 0.333. The molecule has 0 heterocycles. The molecular formula is C18H21F2N. The first-order chi connectivity index (χ1) is 9.92. The molecule has 0 aliphatic heterocycles. The molecule has 2 rings (SSSR count). The molecule has 0 bridgehead atoms. The van der Waals surface area contributed by atoms with Crippen molar-refractivity contribution in [1.82, 2.24) is 5.32 Å². The van der Waals surface area contributed by atoms with Crippen molar-refractivity contribution in [3.8, 4) is 0 Å². The summed E-state index contributed by atoms with van der Waals surface area (Å²) in [5, 5.41) is 3.10. The van der Waals surface area contributed by atoms with E-state index in [-0.39, 0.29) is 11.9 Å². The van der Waals surface area contributed by atoms with Gasteiger partial charge >= 0.3 is 0 Å². The normalized spacial score (nSPS) is 12.5. The van der Waals surface area contributed by atoms with Crippen molar-refractivity contribution in [1.29, 1.82) is 0 Å². The highest BCUT2D eigenvalue weighted by molar-refractivity contribution is 5.39. The highest BCUT2D eigenvalue weighted by Gasteiger charge is 2.17. The third-order valence-corrected chi connectivity index (χ3v) is 3.93. The van der Waals surface area contributed by atoms with Crippen LogP contribution in [0.3, 0.4) is 0 Å². The molecule has 0 saturated carbocycles. The lowest BCUT2D eigenvalue weighted by atomic mass is 9.91. The van der Waals surface area contributed by atoms with Gasteiger partial charge in [-0.1, -0.05) is 17.7 Å². The number of nitrogens with one attached hydrogen (secondary N) is 1. The van der Waals surface area contributed by atoms with Gasteiger partial charge < -0.3 is 5.32 Å². The van der Waals surface area contributed by atoms with Gasteiger partial charge in [-0.15, -0.1) is 0 Å². The summed E-state index contributed by atoms with van der Waals surface area (Å²) in [4.78, 5) is 0. The molecule has 0 aliphatic rings. The molecular weight excluding hydrogens is 268 g/mol. The first-order valence-corrected chi connectivity index (χ1v) is 7.11. The fourth-order valence-corrected chi connectivity index (χ4v) is 2.89. The van der Waals surface area contributed by atoms with Gasteiger partial charge in [0.05, 0.1) is 0 Å². The zero-order valence-electron chi connectivity index (χ0n) is 12.9. The van der Waals surface area contributed by atoms with Gasteiger partial charge in [-0.05, 0) is 69.1 Å². The van der Waals surface area contributed by atoms with Gasteiger partial charge in [-0.3, -0.25) is 0 Å². The third kappa shape index (κ3) is 3.48. The van der Waals surface area contributed by atoms with Crippen LogP contribution in [0.5, 0.6) is 0 Å². The smallest absolute Gasteiger partial charge is 0.128 e. The second kappa shape index (κ2) is 6.35. The largest absolute Gasteiger partial charge is 0.313 e. The monoisotopic (exact) mass is 289 g/mol. The Hall–Kier alpha value is -1.74. The van der Waals surface area contributed by atoms with Gasteiger partial charge in [0.15, 0.2) is 0 Å². The molecule has 0 radical (unpaired) electrons. The Morgan fingerprint density at radius 3 is 2.19 bits per heavy atom. The predicted molar refractivity (Wildman–Crippen MR) is 82.5 cm³/mol. The molecule has 1 nitrogen and oxygen atoms in total. The molecule has 112 valence electrons. The Balaban J connectivity index is 2.38. The summed E-state index contributed by atoms with van der Waals surface area (Å²) in [6.07, 6.45) is 0.634. The number of aryl methyl sites for hydroxylation is 3. The quantitative estimate of drug-likeness (QED) is 0.880. The Kier molecular flexibility index (Phi) is 4.73. The summed E-state index contributed by atoms with van der Waals surface area (Å²) in [6.45, 7) is 6.18. The van der Waals surface area contributed by atoms with Crippen molar-refractivity contribution in [3.63, 3.8) is 0 Å². The Morgan fingerprint density at radius 1 is 1.00 bits per heavy atom. The van der Waals surface area contributed by atoms with E-state index in [2.05, 4.69) is 38.2 Å². The molecule has 0 spiro atoms. The Labute approximate surface area is 125 Å². The predicted octanol–water partition coefficient (Wildman–Crippen LogP) is 4.39. The molecule has 0 amide bonds. The van der Waals surface area contributed by atoms with Gasteiger partial charge in [0.1, 0.15) is 11.6 Å². The average Bonchev–Trinajstić information content (AvgIpc) is 2.41. The van der Waals surface area contributed by atoms with Crippen LogP contribution >= 0.6 is 0 Å². The molecule has 2 aromatic rings. The number of benzene rings is 2. The maximum absolute atomic E-state index is 14.0. The first kappa shape index (κ1) is 15.6. The summed E-state index contributed by atoms with van der Waals surface area (Å²) >= 11 is 0. The molecule has 0 fully saturated rings. The second-order valence-corrected chi connectivity index (χ2v) is 5.59. The SMILES string of the molecule is CNC(Cc1c(C)cc(C)cc1C)c1cc(F)ccc1F. The van der Waals surface area contributed by atoms with Crippen LogP contribution < -0.4 is 5.32 Å². The van der Waals surface area contributed by atoms with E-state index >= 15 is 0 Å². The van der Waals surface area contributed by atoms with Crippen LogP contribution in [-0.4, -0.2) is 7.05 Å². The van der Waals surface area contributed by atoms with Crippen molar-refractivity contribution in [2.75, 3.05) is 7.05 Å². The minimum absolute atomic E-state index is 0.249. The van der Waals surface area contributed by atoms with Crippen LogP contribution in [0.2, 0.25) is 0 Å². The van der Waals surface area contributed by atoms with Gasteiger partial charge in [-0.25, -0.2) is 8.78 Å². The van der Waals surface area contributed by atoms with E-state index in [0.29, 0.717) is 12.0 Å². The summed E-state index contributed by atoms with van der Waals surface area (Å²) in [7, 11) is 1.77. The number of halogens is 2. The van der Waals surface area contributed by atoms with Crippen LogP contribution in [-0.2, 0) is 6.42 Å². The van der Waals surface area contributed by atoms with Crippen molar-refractivity contribution >= 4 is 0 Å². The Morgan fingerprint density at radius 2 is 1.62 bits per heavy atom. The van der Waals surface area contributed by atoms with E-state index < -0.39 is 5.82 Å². The molecule has 0 aromatic heterocycles. The van der Waals surface area contributed by atoms with Gasteiger partial charge in [0.25, 0.3) is 0 Å². The van der Waals surface area contributed by atoms with E-state index in [1.54, 1.807) is 7.05 Å².